The second-order valence-electron chi connectivity index (χ2n) is 6.72. The number of hydrogen-bond donors (Lipinski definition) is 0. The maximum absolute atomic E-state index is 12.6. The molecule has 7 nitrogen and oxygen atoms in total. The Labute approximate surface area is 157 Å². The van der Waals surface area contributed by atoms with Gasteiger partial charge < -0.3 is 14.2 Å². The Balaban J connectivity index is 1.51. The highest BCUT2D eigenvalue weighted by molar-refractivity contribution is 7.13. The van der Waals surface area contributed by atoms with Crippen LogP contribution in [0, 0.1) is 0 Å². The molecule has 1 saturated heterocycles. The quantitative estimate of drug-likeness (QED) is 0.736. The van der Waals surface area contributed by atoms with Crippen molar-refractivity contribution in [3.05, 3.63) is 23.4 Å². The van der Waals surface area contributed by atoms with Crippen LogP contribution in [0.25, 0.3) is 10.7 Å². The molecule has 2 atom stereocenters. The molecule has 1 aliphatic rings. The molecule has 8 heteroatoms. The molecule has 0 spiro atoms. The van der Waals surface area contributed by atoms with E-state index in [2.05, 4.69) is 28.9 Å². The van der Waals surface area contributed by atoms with Crippen molar-refractivity contribution in [2.75, 3.05) is 33.4 Å². The van der Waals surface area contributed by atoms with Crippen molar-refractivity contribution in [3.63, 3.8) is 0 Å². The van der Waals surface area contributed by atoms with E-state index in [4.69, 9.17) is 9.26 Å². The maximum atomic E-state index is 12.6. The van der Waals surface area contributed by atoms with Crippen LogP contribution in [-0.4, -0.2) is 71.3 Å². The van der Waals surface area contributed by atoms with Crippen LogP contribution < -0.4 is 0 Å². The molecule has 3 rings (SSSR count). The fraction of sp³-hybridized carbons (Fsp3) is 0.611. The molecule has 0 N–H and O–H groups in total. The van der Waals surface area contributed by atoms with E-state index in [1.807, 2.05) is 22.4 Å². The third kappa shape index (κ3) is 4.49. The highest BCUT2D eigenvalue weighted by atomic mass is 32.1. The van der Waals surface area contributed by atoms with Crippen LogP contribution in [0.5, 0.6) is 0 Å². The molecule has 0 aromatic carbocycles. The van der Waals surface area contributed by atoms with E-state index in [1.54, 1.807) is 18.4 Å². The summed E-state index contributed by atoms with van der Waals surface area (Å²) >= 11 is 1.57. The molecular formula is C18H26N4O3S. The first-order chi connectivity index (χ1) is 12.6. The summed E-state index contributed by atoms with van der Waals surface area (Å²) in [5.41, 5.74) is 0. The smallest absolute Gasteiger partial charge is 0.227 e. The second kappa shape index (κ2) is 8.75. The van der Waals surface area contributed by atoms with Crippen molar-refractivity contribution in [3.8, 4) is 10.7 Å². The average Bonchev–Trinajstić information content (AvgIpc) is 3.30. The molecule has 3 heterocycles. The van der Waals surface area contributed by atoms with Crippen molar-refractivity contribution in [1.82, 2.24) is 19.9 Å². The highest BCUT2D eigenvalue weighted by Gasteiger charge is 2.31. The number of aromatic nitrogens is 2. The number of hydrogen-bond acceptors (Lipinski definition) is 7. The lowest BCUT2D eigenvalue weighted by molar-refractivity contribution is -0.135. The molecule has 2 unspecified atom stereocenters. The largest absolute Gasteiger partial charge is 0.383 e. The Bertz CT molecular complexity index is 691. The number of methoxy groups -OCH3 is 1. The lowest BCUT2D eigenvalue weighted by atomic mass is 10.1. The number of piperazine rings is 1. The van der Waals surface area contributed by atoms with E-state index in [0.29, 0.717) is 43.2 Å². The van der Waals surface area contributed by atoms with E-state index >= 15 is 0 Å². The van der Waals surface area contributed by atoms with Crippen LogP contribution in [0.2, 0.25) is 0 Å². The van der Waals surface area contributed by atoms with Crippen LogP contribution in [0.15, 0.2) is 22.0 Å². The second-order valence-corrected chi connectivity index (χ2v) is 7.66. The topological polar surface area (TPSA) is 71.7 Å². The van der Waals surface area contributed by atoms with Crippen LogP contribution >= 0.6 is 11.3 Å². The molecule has 0 radical (unpaired) electrons. The molecule has 0 bridgehead atoms. The van der Waals surface area contributed by atoms with Gasteiger partial charge in [0.1, 0.15) is 0 Å². The number of nitrogens with zero attached hydrogens (tertiary/aromatic N) is 4. The van der Waals surface area contributed by atoms with E-state index in [9.17, 15) is 4.79 Å². The van der Waals surface area contributed by atoms with Gasteiger partial charge in [-0.3, -0.25) is 9.69 Å². The third-order valence-corrected chi connectivity index (χ3v) is 5.64. The molecule has 26 heavy (non-hydrogen) atoms. The van der Waals surface area contributed by atoms with Crippen molar-refractivity contribution in [2.45, 2.75) is 38.8 Å². The standard InChI is InChI=1S/C18H26N4O3S/c1-13-11-21(12-14(2)22(13)8-9-24-3)17(23)7-6-16-19-18(20-25-16)15-5-4-10-26-15/h4-5,10,13-14H,6-9,11-12H2,1-3H3. The number of rotatable bonds is 7. The molecule has 1 fully saturated rings. The summed E-state index contributed by atoms with van der Waals surface area (Å²) in [6.07, 6.45) is 0.868. The molecule has 2 aromatic rings. The monoisotopic (exact) mass is 378 g/mol. The van der Waals surface area contributed by atoms with Gasteiger partial charge in [0.25, 0.3) is 0 Å². The van der Waals surface area contributed by atoms with Crippen LogP contribution in [-0.2, 0) is 16.0 Å². The SMILES string of the molecule is COCCN1C(C)CN(C(=O)CCc2nc(-c3cccs3)no2)CC1C. The van der Waals surface area contributed by atoms with Crippen molar-refractivity contribution < 1.29 is 14.1 Å². The van der Waals surface area contributed by atoms with Crippen LogP contribution in [0.4, 0.5) is 0 Å². The summed E-state index contributed by atoms with van der Waals surface area (Å²) in [6, 6.07) is 4.56. The third-order valence-electron chi connectivity index (χ3n) is 4.77. The maximum Gasteiger partial charge on any atom is 0.227 e. The summed E-state index contributed by atoms with van der Waals surface area (Å²) in [7, 11) is 1.72. The fourth-order valence-electron chi connectivity index (χ4n) is 3.43. The lowest BCUT2D eigenvalue weighted by Crippen LogP contribution is -2.58. The first-order valence-corrected chi connectivity index (χ1v) is 9.85. The first kappa shape index (κ1) is 19.0. The van der Waals surface area contributed by atoms with Gasteiger partial charge >= 0.3 is 0 Å². The van der Waals surface area contributed by atoms with Crippen molar-refractivity contribution in [1.29, 1.82) is 0 Å². The number of thiophene rings is 1. The minimum atomic E-state index is 0.144. The van der Waals surface area contributed by atoms with Gasteiger partial charge in [0, 0.05) is 51.7 Å². The average molecular weight is 378 g/mol. The van der Waals surface area contributed by atoms with Crippen molar-refractivity contribution >= 4 is 17.2 Å². The lowest BCUT2D eigenvalue weighted by Gasteiger charge is -2.44. The van der Waals surface area contributed by atoms with E-state index in [0.717, 1.165) is 24.5 Å². The van der Waals surface area contributed by atoms with Gasteiger partial charge in [-0.15, -0.1) is 11.3 Å². The number of ether oxygens (including phenoxy) is 1. The first-order valence-electron chi connectivity index (χ1n) is 8.97. The summed E-state index contributed by atoms with van der Waals surface area (Å²) in [6.45, 7) is 7.43. The van der Waals surface area contributed by atoms with Gasteiger partial charge in [0.05, 0.1) is 11.5 Å². The Kier molecular flexibility index (Phi) is 6.39. The van der Waals surface area contributed by atoms with Gasteiger partial charge in [0.2, 0.25) is 17.6 Å². The highest BCUT2D eigenvalue weighted by Crippen LogP contribution is 2.22. The number of carbonyl (C=O) groups is 1. The number of aryl methyl sites for hydroxylation is 1. The zero-order valence-corrected chi connectivity index (χ0v) is 16.4. The number of amides is 1. The molecular weight excluding hydrogens is 352 g/mol. The zero-order valence-electron chi connectivity index (χ0n) is 15.6. The minimum Gasteiger partial charge on any atom is -0.383 e. The van der Waals surface area contributed by atoms with Gasteiger partial charge in [-0.25, -0.2) is 0 Å². The predicted molar refractivity (Wildman–Crippen MR) is 100 cm³/mol. The Morgan fingerprint density at radius 2 is 2.15 bits per heavy atom. The Morgan fingerprint density at radius 1 is 1.38 bits per heavy atom. The Morgan fingerprint density at radius 3 is 2.81 bits per heavy atom. The van der Waals surface area contributed by atoms with Gasteiger partial charge in [0.15, 0.2) is 0 Å². The Hall–Kier alpha value is -1.77. The molecule has 0 aliphatic carbocycles. The summed E-state index contributed by atoms with van der Waals surface area (Å²) in [5, 5.41) is 5.97. The summed E-state index contributed by atoms with van der Waals surface area (Å²) < 4.78 is 10.5. The fourth-order valence-corrected chi connectivity index (χ4v) is 4.08. The predicted octanol–water partition coefficient (Wildman–Crippen LogP) is 2.30. The molecule has 0 saturated carbocycles. The van der Waals surface area contributed by atoms with Gasteiger partial charge in [-0.05, 0) is 25.3 Å². The van der Waals surface area contributed by atoms with Crippen molar-refractivity contribution in [2.24, 2.45) is 0 Å². The number of carbonyl (C=O) groups excluding carboxylic acids is 1. The van der Waals surface area contributed by atoms with E-state index < -0.39 is 0 Å². The zero-order chi connectivity index (χ0) is 18.5. The van der Waals surface area contributed by atoms with Gasteiger partial charge in [-0.2, -0.15) is 4.98 Å². The summed E-state index contributed by atoms with van der Waals surface area (Å²) in [5.74, 6) is 1.25. The normalized spacial score (nSPS) is 21.3. The van der Waals surface area contributed by atoms with E-state index in [1.165, 1.54) is 0 Å². The van der Waals surface area contributed by atoms with E-state index in [-0.39, 0.29) is 5.91 Å². The molecule has 1 aliphatic heterocycles. The molecule has 1 amide bonds. The van der Waals surface area contributed by atoms with Crippen LogP contribution in [0.3, 0.4) is 0 Å². The molecule has 142 valence electrons. The van der Waals surface area contributed by atoms with Gasteiger partial charge in [-0.1, -0.05) is 11.2 Å². The molecule has 2 aromatic heterocycles. The minimum absolute atomic E-state index is 0.144. The van der Waals surface area contributed by atoms with Crippen LogP contribution in [0.1, 0.15) is 26.2 Å². The summed E-state index contributed by atoms with van der Waals surface area (Å²) in [4.78, 5) is 22.3.